The zero-order chi connectivity index (χ0) is 21.6. The summed E-state index contributed by atoms with van der Waals surface area (Å²) >= 11 is 0. The lowest BCUT2D eigenvalue weighted by molar-refractivity contribution is -0.136. The third-order valence-corrected chi connectivity index (χ3v) is 5.37. The Labute approximate surface area is 181 Å². The molecule has 4 rings (SSSR count). The van der Waals surface area contributed by atoms with Crippen molar-refractivity contribution >= 4 is 11.8 Å². The number of piperidine rings is 1. The maximum Gasteiger partial charge on any atom is 0.251 e. The first-order valence-corrected chi connectivity index (χ1v) is 10.3. The van der Waals surface area contributed by atoms with E-state index in [1.165, 1.54) is 7.11 Å². The van der Waals surface area contributed by atoms with E-state index in [2.05, 4.69) is 5.32 Å². The van der Waals surface area contributed by atoms with E-state index in [1.54, 1.807) is 29.2 Å². The summed E-state index contributed by atoms with van der Waals surface area (Å²) < 4.78 is 21.6. The van der Waals surface area contributed by atoms with Crippen LogP contribution in [0.3, 0.4) is 0 Å². The maximum absolute atomic E-state index is 12.5. The molecule has 1 N–H and O–H groups in total. The first kappa shape index (κ1) is 21.0. The van der Waals surface area contributed by atoms with Gasteiger partial charge in [0, 0.05) is 45.1 Å². The highest BCUT2D eigenvalue weighted by Crippen LogP contribution is 2.32. The van der Waals surface area contributed by atoms with E-state index in [9.17, 15) is 9.59 Å². The van der Waals surface area contributed by atoms with Crippen molar-refractivity contribution < 1.29 is 28.5 Å². The molecular weight excluding hydrogens is 400 g/mol. The molecule has 2 aliphatic heterocycles. The molecule has 0 aromatic heterocycles. The van der Waals surface area contributed by atoms with E-state index in [1.807, 2.05) is 18.2 Å². The van der Waals surface area contributed by atoms with E-state index < -0.39 is 0 Å². The molecule has 0 spiro atoms. The summed E-state index contributed by atoms with van der Waals surface area (Å²) in [4.78, 5) is 26.1. The van der Waals surface area contributed by atoms with Crippen LogP contribution in [-0.4, -0.2) is 56.4 Å². The summed E-state index contributed by atoms with van der Waals surface area (Å²) in [5.74, 6) is 1.99. The monoisotopic (exact) mass is 426 g/mol. The number of nitrogens with zero attached hydrogens (tertiary/aromatic N) is 1. The Balaban J connectivity index is 1.24. The number of methoxy groups -OCH3 is 1. The minimum atomic E-state index is -0.158. The van der Waals surface area contributed by atoms with Crippen molar-refractivity contribution in [3.63, 3.8) is 0 Å². The predicted octanol–water partition coefficient (Wildman–Crippen LogP) is 2.36. The number of benzene rings is 2. The van der Waals surface area contributed by atoms with Crippen molar-refractivity contribution in [1.29, 1.82) is 0 Å². The Morgan fingerprint density at radius 3 is 2.55 bits per heavy atom. The fourth-order valence-corrected chi connectivity index (χ4v) is 3.65. The smallest absolute Gasteiger partial charge is 0.251 e. The van der Waals surface area contributed by atoms with Gasteiger partial charge in [-0.15, -0.1) is 0 Å². The average molecular weight is 426 g/mol. The number of rotatable bonds is 7. The van der Waals surface area contributed by atoms with Gasteiger partial charge in [-0.05, 0) is 42.0 Å². The molecule has 2 aliphatic rings. The van der Waals surface area contributed by atoms with E-state index in [-0.39, 0.29) is 31.3 Å². The maximum atomic E-state index is 12.5. The van der Waals surface area contributed by atoms with Crippen LogP contribution in [0.4, 0.5) is 0 Å². The lowest BCUT2D eigenvalue weighted by Gasteiger charge is -2.32. The largest absolute Gasteiger partial charge is 0.490 e. The number of nitrogens with one attached hydrogen (secondary N) is 1. The van der Waals surface area contributed by atoms with Gasteiger partial charge in [0.15, 0.2) is 11.5 Å². The predicted molar refractivity (Wildman–Crippen MR) is 112 cm³/mol. The summed E-state index contributed by atoms with van der Waals surface area (Å²) in [5.41, 5.74) is 1.50. The second-order valence-electron chi connectivity index (χ2n) is 7.53. The molecule has 31 heavy (non-hydrogen) atoms. The van der Waals surface area contributed by atoms with Gasteiger partial charge in [-0.3, -0.25) is 9.59 Å². The molecule has 8 heteroatoms. The number of carbonyl (C=O) groups is 2. The third kappa shape index (κ3) is 5.27. The molecular formula is C23H26N2O6. The number of ether oxygens (including phenoxy) is 4. The molecule has 8 nitrogen and oxygen atoms in total. The molecule has 0 radical (unpaired) electrons. The van der Waals surface area contributed by atoms with Gasteiger partial charge in [0.2, 0.25) is 12.7 Å². The second kappa shape index (κ2) is 9.70. The normalized spacial score (nSPS) is 15.6. The molecule has 0 atom stereocenters. The lowest BCUT2D eigenvalue weighted by Crippen LogP contribution is -2.43. The second-order valence-corrected chi connectivity index (χ2v) is 7.53. The lowest BCUT2D eigenvalue weighted by atomic mass is 10.1. The van der Waals surface area contributed by atoms with Crippen LogP contribution in [0.1, 0.15) is 28.8 Å². The fourth-order valence-electron chi connectivity index (χ4n) is 3.65. The Hall–Kier alpha value is -3.26. The van der Waals surface area contributed by atoms with Crippen molar-refractivity contribution in [2.75, 3.05) is 33.6 Å². The van der Waals surface area contributed by atoms with Crippen LogP contribution >= 0.6 is 0 Å². The van der Waals surface area contributed by atoms with Crippen LogP contribution in [0.2, 0.25) is 0 Å². The minimum absolute atomic E-state index is 0.0112. The highest BCUT2D eigenvalue weighted by atomic mass is 16.7. The van der Waals surface area contributed by atoms with Gasteiger partial charge in [0.25, 0.3) is 5.91 Å². The van der Waals surface area contributed by atoms with E-state index in [0.717, 1.165) is 24.2 Å². The van der Waals surface area contributed by atoms with Crippen LogP contribution in [0.25, 0.3) is 0 Å². The number of fused-ring (bicyclic) bond motifs is 1. The van der Waals surface area contributed by atoms with Gasteiger partial charge in [-0.25, -0.2) is 0 Å². The summed E-state index contributed by atoms with van der Waals surface area (Å²) in [6, 6.07) is 12.7. The number of hydrogen-bond acceptors (Lipinski definition) is 6. The van der Waals surface area contributed by atoms with Gasteiger partial charge in [0.1, 0.15) is 18.5 Å². The average Bonchev–Trinajstić information content (AvgIpc) is 3.26. The summed E-state index contributed by atoms with van der Waals surface area (Å²) in [5, 5.41) is 2.91. The number of amides is 2. The van der Waals surface area contributed by atoms with Crippen LogP contribution in [0.15, 0.2) is 42.5 Å². The van der Waals surface area contributed by atoms with Gasteiger partial charge < -0.3 is 29.2 Å². The first-order chi connectivity index (χ1) is 15.1. The van der Waals surface area contributed by atoms with Gasteiger partial charge >= 0.3 is 0 Å². The first-order valence-electron chi connectivity index (χ1n) is 10.3. The minimum Gasteiger partial charge on any atom is -0.490 e. The molecule has 0 saturated carbocycles. The van der Waals surface area contributed by atoms with Crippen molar-refractivity contribution in [1.82, 2.24) is 10.2 Å². The highest BCUT2D eigenvalue weighted by molar-refractivity contribution is 5.94. The topological polar surface area (TPSA) is 86.3 Å². The van der Waals surface area contributed by atoms with Gasteiger partial charge in [0.05, 0.1) is 0 Å². The standard InChI is InChI=1S/C23H26N2O6/c1-28-14-22(26)25-10-8-19(9-11-25)31-18-5-3-17(4-6-18)23(27)24-13-16-2-7-20-21(12-16)30-15-29-20/h2-7,12,19H,8-11,13-15H2,1H3,(H,24,27). The van der Waals surface area contributed by atoms with E-state index in [4.69, 9.17) is 18.9 Å². The van der Waals surface area contributed by atoms with Crippen LogP contribution < -0.4 is 19.5 Å². The molecule has 0 unspecified atom stereocenters. The van der Waals surface area contributed by atoms with Crippen molar-refractivity contribution in [3.05, 3.63) is 53.6 Å². The Bertz CT molecular complexity index is 922. The quantitative estimate of drug-likeness (QED) is 0.732. The third-order valence-electron chi connectivity index (χ3n) is 5.37. The zero-order valence-corrected chi connectivity index (χ0v) is 17.5. The molecule has 0 aliphatic carbocycles. The molecule has 2 aromatic carbocycles. The fraction of sp³-hybridized carbons (Fsp3) is 0.391. The number of hydrogen-bond donors (Lipinski definition) is 1. The highest BCUT2D eigenvalue weighted by Gasteiger charge is 2.23. The van der Waals surface area contributed by atoms with Crippen LogP contribution in [0.5, 0.6) is 17.2 Å². The zero-order valence-electron chi connectivity index (χ0n) is 17.5. The van der Waals surface area contributed by atoms with Gasteiger partial charge in [-0.2, -0.15) is 0 Å². The molecule has 1 fully saturated rings. The van der Waals surface area contributed by atoms with Crippen molar-refractivity contribution in [2.24, 2.45) is 0 Å². The Kier molecular flexibility index (Phi) is 6.57. The molecule has 1 saturated heterocycles. The molecule has 164 valence electrons. The van der Waals surface area contributed by atoms with E-state index in [0.29, 0.717) is 36.7 Å². The molecule has 2 aromatic rings. The summed E-state index contributed by atoms with van der Waals surface area (Å²) in [7, 11) is 1.52. The number of likely N-dealkylation sites (tertiary alicyclic amines) is 1. The summed E-state index contributed by atoms with van der Waals surface area (Å²) in [6.45, 7) is 2.06. The Morgan fingerprint density at radius 2 is 1.81 bits per heavy atom. The molecule has 2 amide bonds. The SMILES string of the molecule is COCC(=O)N1CCC(Oc2ccc(C(=O)NCc3ccc4c(c3)OCO4)cc2)CC1. The van der Waals surface area contributed by atoms with Gasteiger partial charge in [-0.1, -0.05) is 6.07 Å². The summed E-state index contributed by atoms with van der Waals surface area (Å²) in [6.07, 6.45) is 1.60. The molecule has 2 heterocycles. The van der Waals surface area contributed by atoms with Crippen molar-refractivity contribution in [3.8, 4) is 17.2 Å². The van der Waals surface area contributed by atoms with E-state index >= 15 is 0 Å². The van der Waals surface area contributed by atoms with Crippen LogP contribution in [0, 0.1) is 0 Å². The van der Waals surface area contributed by atoms with Crippen molar-refractivity contribution in [2.45, 2.75) is 25.5 Å². The molecule has 0 bridgehead atoms. The number of carbonyl (C=O) groups excluding carboxylic acids is 2. The Morgan fingerprint density at radius 1 is 1.06 bits per heavy atom. The van der Waals surface area contributed by atoms with Crippen LogP contribution in [-0.2, 0) is 16.1 Å².